The van der Waals surface area contributed by atoms with Crippen molar-refractivity contribution in [3.8, 4) is 0 Å². The molecule has 3 heterocycles. The van der Waals surface area contributed by atoms with Crippen LogP contribution >= 0.6 is 0 Å². The van der Waals surface area contributed by atoms with E-state index < -0.39 is 29.4 Å². The van der Waals surface area contributed by atoms with E-state index >= 15 is 0 Å². The van der Waals surface area contributed by atoms with Crippen LogP contribution in [-0.4, -0.2) is 47.5 Å². The number of hydroxylamine groups is 2. The molecule has 1 aromatic carbocycles. The highest BCUT2D eigenvalue weighted by Crippen LogP contribution is 2.45. The molecule has 2 aliphatic heterocycles. The van der Waals surface area contributed by atoms with E-state index in [2.05, 4.69) is 25.7 Å². The second-order valence-electron chi connectivity index (χ2n) is 9.83. The average molecular weight is 499 g/mol. The minimum absolute atomic E-state index is 0.0279. The lowest BCUT2D eigenvalue weighted by Gasteiger charge is -2.47. The van der Waals surface area contributed by atoms with E-state index in [0.29, 0.717) is 29.0 Å². The lowest BCUT2D eigenvalue weighted by atomic mass is 9.79. The number of amides is 2. The third kappa shape index (κ3) is 4.84. The molecule has 0 radical (unpaired) electrons. The third-order valence-electron chi connectivity index (χ3n) is 6.70. The third-order valence-corrected chi connectivity index (χ3v) is 6.70. The standard InChI is InChI=1S/C26H30N2O8/c1-5-34-24(32)18-12-16-11-17-15(2)14-26(3,4)27(19(17)13-20(16)35-25(18)33)10-6-7-23(31)36-28-21(29)8-9-22(28)30/h11-13,15H,5-10,14H2,1-4H3/t15-/m1/s1. The van der Waals surface area contributed by atoms with Crippen molar-refractivity contribution in [1.82, 2.24) is 5.06 Å². The van der Waals surface area contributed by atoms with Crippen LogP contribution in [0.5, 0.6) is 0 Å². The Kier molecular flexibility index (Phi) is 6.88. The maximum absolute atomic E-state index is 12.4. The van der Waals surface area contributed by atoms with Crippen molar-refractivity contribution in [3.63, 3.8) is 0 Å². The summed E-state index contributed by atoms with van der Waals surface area (Å²) >= 11 is 0. The lowest BCUT2D eigenvalue weighted by molar-refractivity contribution is -0.197. The van der Waals surface area contributed by atoms with Gasteiger partial charge in [-0.3, -0.25) is 9.59 Å². The fourth-order valence-corrected chi connectivity index (χ4v) is 5.06. The topological polar surface area (TPSA) is 123 Å². The number of rotatable bonds is 7. The number of esters is 1. The molecule has 36 heavy (non-hydrogen) atoms. The summed E-state index contributed by atoms with van der Waals surface area (Å²) in [6.45, 7) is 8.66. The molecule has 0 unspecified atom stereocenters. The highest BCUT2D eigenvalue weighted by atomic mass is 16.7. The predicted octanol–water partition coefficient (Wildman–Crippen LogP) is 3.45. The molecule has 0 N–H and O–H groups in total. The molecule has 10 heteroatoms. The van der Waals surface area contributed by atoms with E-state index in [1.807, 2.05) is 6.07 Å². The molecule has 1 fully saturated rings. The minimum Gasteiger partial charge on any atom is -0.462 e. The number of nitrogens with zero attached hydrogens (tertiary/aromatic N) is 2. The van der Waals surface area contributed by atoms with Crippen LogP contribution in [-0.2, 0) is 24.0 Å². The first-order valence-electron chi connectivity index (χ1n) is 12.1. The molecule has 1 saturated heterocycles. The Labute approximate surface area is 208 Å². The maximum Gasteiger partial charge on any atom is 0.351 e. The Morgan fingerprint density at radius 1 is 1.11 bits per heavy atom. The number of fused-ring (bicyclic) bond motifs is 2. The molecule has 1 atom stereocenters. The number of carbonyl (C=O) groups is 4. The fourth-order valence-electron chi connectivity index (χ4n) is 5.06. The minimum atomic E-state index is -0.760. The van der Waals surface area contributed by atoms with Crippen LogP contribution in [0.2, 0.25) is 0 Å². The molecule has 0 aliphatic carbocycles. The first-order valence-corrected chi connectivity index (χ1v) is 12.1. The monoisotopic (exact) mass is 498 g/mol. The van der Waals surface area contributed by atoms with Gasteiger partial charge < -0.3 is 18.9 Å². The Morgan fingerprint density at radius 3 is 2.47 bits per heavy atom. The Hall–Kier alpha value is -3.69. The zero-order valence-corrected chi connectivity index (χ0v) is 20.9. The molecule has 2 aromatic rings. The zero-order valence-electron chi connectivity index (χ0n) is 20.9. The first kappa shape index (κ1) is 25.4. The normalized spacial score (nSPS) is 18.9. The SMILES string of the molecule is CCOC(=O)c1cc2cc3c(cc2oc1=O)N(CCCC(=O)ON1C(=O)CCC1=O)C(C)(C)C[C@H]3C. The smallest absolute Gasteiger partial charge is 0.351 e. The van der Waals surface area contributed by atoms with Gasteiger partial charge in [-0.15, -0.1) is 5.06 Å². The Bertz CT molecular complexity index is 1280. The number of carbonyl (C=O) groups excluding carboxylic acids is 4. The van der Waals surface area contributed by atoms with Gasteiger partial charge in [0.1, 0.15) is 11.1 Å². The van der Waals surface area contributed by atoms with Crippen molar-refractivity contribution < 1.29 is 33.2 Å². The summed E-state index contributed by atoms with van der Waals surface area (Å²) in [7, 11) is 0. The van der Waals surface area contributed by atoms with Crippen molar-refractivity contribution in [2.75, 3.05) is 18.1 Å². The quantitative estimate of drug-likeness (QED) is 0.321. The van der Waals surface area contributed by atoms with E-state index in [1.165, 1.54) is 6.07 Å². The Balaban J connectivity index is 1.57. The van der Waals surface area contributed by atoms with Crippen LogP contribution in [0.4, 0.5) is 5.69 Å². The summed E-state index contributed by atoms with van der Waals surface area (Å²) in [5, 5.41) is 1.19. The lowest BCUT2D eigenvalue weighted by Crippen LogP contribution is -2.49. The first-order chi connectivity index (χ1) is 17.0. The summed E-state index contributed by atoms with van der Waals surface area (Å²) in [5.41, 5.74) is 1.13. The molecule has 2 aliphatic rings. The van der Waals surface area contributed by atoms with Gasteiger partial charge in [0.05, 0.1) is 6.61 Å². The van der Waals surface area contributed by atoms with Crippen LogP contribution < -0.4 is 10.5 Å². The highest BCUT2D eigenvalue weighted by molar-refractivity contribution is 6.01. The summed E-state index contributed by atoms with van der Waals surface area (Å²) in [6, 6.07) is 5.24. The van der Waals surface area contributed by atoms with Crippen LogP contribution in [0.3, 0.4) is 0 Å². The van der Waals surface area contributed by atoms with Gasteiger partial charge in [0.15, 0.2) is 0 Å². The van der Waals surface area contributed by atoms with E-state index in [9.17, 15) is 24.0 Å². The molecule has 0 bridgehead atoms. The maximum atomic E-state index is 12.4. The van der Waals surface area contributed by atoms with Gasteiger partial charge >= 0.3 is 17.6 Å². The average Bonchev–Trinajstić information content (AvgIpc) is 3.11. The predicted molar refractivity (Wildman–Crippen MR) is 129 cm³/mol. The van der Waals surface area contributed by atoms with Crippen LogP contribution in [0.25, 0.3) is 11.0 Å². The van der Waals surface area contributed by atoms with Crippen molar-refractivity contribution in [2.24, 2.45) is 0 Å². The van der Waals surface area contributed by atoms with Gasteiger partial charge in [0, 0.05) is 48.5 Å². The van der Waals surface area contributed by atoms with Gasteiger partial charge in [0.25, 0.3) is 11.8 Å². The van der Waals surface area contributed by atoms with Crippen LogP contribution in [0.15, 0.2) is 27.4 Å². The van der Waals surface area contributed by atoms with E-state index in [1.54, 1.807) is 13.0 Å². The highest BCUT2D eigenvalue weighted by Gasteiger charge is 2.37. The number of hydrogen-bond acceptors (Lipinski definition) is 9. The summed E-state index contributed by atoms with van der Waals surface area (Å²) < 4.78 is 10.5. The van der Waals surface area contributed by atoms with Crippen molar-refractivity contribution in [2.45, 2.75) is 71.3 Å². The van der Waals surface area contributed by atoms with E-state index in [4.69, 9.17) is 14.0 Å². The zero-order chi connectivity index (χ0) is 26.2. The van der Waals surface area contributed by atoms with E-state index in [0.717, 1.165) is 17.7 Å². The van der Waals surface area contributed by atoms with E-state index in [-0.39, 0.29) is 42.9 Å². The Morgan fingerprint density at radius 2 is 1.81 bits per heavy atom. The molecule has 1 aromatic heterocycles. The largest absolute Gasteiger partial charge is 0.462 e. The number of ether oxygens (including phenoxy) is 1. The summed E-state index contributed by atoms with van der Waals surface area (Å²) in [5.74, 6) is -2.17. The molecule has 0 spiro atoms. The molecule has 192 valence electrons. The fraction of sp³-hybridized carbons (Fsp3) is 0.500. The van der Waals surface area contributed by atoms with Gasteiger partial charge in [0.2, 0.25) is 0 Å². The molecular formula is C26H30N2O8. The van der Waals surface area contributed by atoms with Crippen LogP contribution in [0.1, 0.15) is 81.6 Å². The molecule has 2 amide bonds. The van der Waals surface area contributed by atoms with Crippen molar-refractivity contribution in [1.29, 1.82) is 0 Å². The number of benzene rings is 1. The summed E-state index contributed by atoms with van der Waals surface area (Å²) in [4.78, 5) is 67.4. The van der Waals surface area contributed by atoms with Crippen molar-refractivity contribution in [3.05, 3.63) is 39.7 Å². The molecule has 4 rings (SSSR count). The number of hydrogen-bond donors (Lipinski definition) is 0. The molecule has 10 nitrogen and oxygen atoms in total. The van der Waals surface area contributed by atoms with Gasteiger partial charge in [-0.2, -0.15) is 0 Å². The van der Waals surface area contributed by atoms with Gasteiger partial charge in [-0.25, -0.2) is 14.4 Å². The summed E-state index contributed by atoms with van der Waals surface area (Å²) in [6.07, 6.45) is 1.40. The van der Waals surface area contributed by atoms with Gasteiger partial charge in [-0.05, 0) is 57.2 Å². The van der Waals surface area contributed by atoms with Gasteiger partial charge in [-0.1, -0.05) is 6.92 Å². The van der Waals surface area contributed by atoms with Crippen LogP contribution in [0, 0.1) is 0 Å². The number of anilines is 1. The molecule has 0 saturated carbocycles. The number of imide groups is 1. The molecular weight excluding hydrogens is 468 g/mol. The van der Waals surface area contributed by atoms with Crippen molar-refractivity contribution >= 4 is 40.4 Å². The second-order valence-corrected chi connectivity index (χ2v) is 9.83. The second kappa shape index (κ2) is 9.75.